The van der Waals surface area contributed by atoms with Gasteiger partial charge in [-0.3, -0.25) is 19.7 Å². The van der Waals surface area contributed by atoms with Gasteiger partial charge in [-0.05, 0) is 42.5 Å². The molecule has 3 aromatic carbocycles. The third kappa shape index (κ3) is 4.48. The van der Waals surface area contributed by atoms with E-state index in [0.29, 0.717) is 27.4 Å². The van der Waals surface area contributed by atoms with Gasteiger partial charge in [0.05, 0.1) is 17.6 Å². The molecule has 0 aliphatic rings. The third-order valence-corrected chi connectivity index (χ3v) is 5.02. The van der Waals surface area contributed by atoms with E-state index in [4.69, 9.17) is 20.8 Å². The maximum Gasteiger partial charge on any atom is 0.293 e. The molecule has 0 fully saturated rings. The second-order valence-electron chi connectivity index (χ2n) is 6.86. The average Bonchev–Trinajstić information content (AvgIpc) is 3.18. The Labute approximate surface area is 192 Å². The van der Waals surface area contributed by atoms with E-state index in [1.165, 1.54) is 37.4 Å². The number of hydrogen-bond acceptors (Lipinski definition) is 6. The number of nitrogens with zero attached hydrogens (tertiary/aromatic N) is 1. The molecule has 4 aromatic rings. The Morgan fingerprint density at radius 1 is 1.00 bits per heavy atom. The number of rotatable bonds is 6. The molecule has 166 valence electrons. The van der Waals surface area contributed by atoms with Gasteiger partial charge in [-0.15, -0.1) is 0 Å². The normalized spacial score (nSPS) is 10.6. The molecule has 0 radical (unpaired) electrons. The minimum atomic E-state index is -0.645. The van der Waals surface area contributed by atoms with Crippen LogP contribution in [0.4, 0.5) is 17.1 Å². The monoisotopic (exact) mass is 465 g/mol. The standard InChI is InChI=1S/C23H16ClN3O6/c1-32-18-11-6-13(24)12-17(18)22(28)26-20-16-4-2-3-5-19(16)33-21(20)23(29)25-14-7-9-15(10-8-14)27(30)31/h2-12H,1H3,(H,25,29)(H,26,28). The van der Waals surface area contributed by atoms with Crippen molar-refractivity contribution in [3.63, 3.8) is 0 Å². The van der Waals surface area contributed by atoms with Crippen molar-refractivity contribution in [3.05, 3.63) is 93.2 Å². The Morgan fingerprint density at radius 3 is 2.42 bits per heavy atom. The first kappa shape index (κ1) is 21.8. The molecular formula is C23H16ClN3O6. The van der Waals surface area contributed by atoms with Gasteiger partial charge in [0.1, 0.15) is 17.0 Å². The molecular weight excluding hydrogens is 450 g/mol. The molecule has 9 nitrogen and oxygen atoms in total. The van der Waals surface area contributed by atoms with Crippen molar-refractivity contribution in [2.45, 2.75) is 0 Å². The van der Waals surface area contributed by atoms with Crippen molar-refractivity contribution in [2.75, 3.05) is 17.7 Å². The average molecular weight is 466 g/mol. The fourth-order valence-electron chi connectivity index (χ4n) is 3.22. The van der Waals surface area contributed by atoms with Gasteiger partial charge in [-0.25, -0.2) is 0 Å². The molecule has 33 heavy (non-hydrogen) atoms. The maximum atomic E-state index is 13.0. The lowest BCUT2D eigenvalue weighted by Crippen LogP contribution is -2.17. The van der Waals surface area contributed by atoms with Crippen molar-refractivity contribution in [3.8, 4) is 5.75 Å². The van der Waals surface area contributed by atoms with Crippen LogP contribution in [0.5, 0.6) is 5.75 Å². The minimum Gasteiger partial charge on any atom is -0.496 e. The number of fused-ring (bicyclic) bond motifs is 1. The number of para-hydroxylation sites is 1. The number of nitro benzene ring substituents is 1. The van der Waals surface area contributed by atoms with Crippen molar-refractivity contribution in [1.82, 2.24) is 0 Å². The lowest BCUT2D eigenvalue weighted by molar-refractivity contribution is -0.384. The summed E-state index contributed by atoms with van der Waals surface area (Å²) >= 11 is 6.04. The molecule has 1 heterocycles. The number of carbonyl (C=O) groups is 2. The molecule has 0 aliphatic carbocycles. The van der Waals surface area contributed by atoms with Crippen LogP contribution in [-0.4, -0.2) is 23.8 Å². The highest BCUT2D eigenvalue weighted by atomic mass is 35.5. The summed E-state index contributed by atoms with van der Waals surface area (Å²) in [5.41, 5.74) is 0.939. The summed E-state index contributed by atoms with van der Waals surface area (Å²) in [5, 5.41) is 17.0. The fraction of sp³-hybridized carbons (Fsp3) is 0.0435. The summed E-state index contributed by atoms with van der Waals surface area (Å²) in [7, 11) is 1.43. The second kappa shape index (κ2) is 9.01. The van der Waals surface area contributed by atoms with Crippen molar-refractivity contribution >= 4 is 51.4 Å². The molecule has 0 bridgehead atoms. The number of non-ortho nitro benzene ring substituents is 1. The number of nitrogens with one attached hydrogen (secondary N) is 2. The number of halogens is 1. The summed E-state index contributed by atoms with van der Waals surface area (Å²) in [6.45, 7) is 0. The van der Waals surface area contributed by atoms with Crippen LogP contribution >= 0.6 is 11.6 Å². The van der Waals surface area contributed by atoms with Crippen LogP contribution in [0.15, 0.2) is 71.1 Å². The predicted octanol–water partition coefficient (Wildman–Crippen LogP) is 5.51. The molecule has 0 atom stereocenters. The molecule has 1 aromatic heterocycles. The maximum absolute atomic E-state index is 13.0. The zero-order valence-corrected chi connectivity index (χ0v) is 17.9. The highest BCUT2D eigenvalue weighted by Gasteiger charge is 2.24. The lowest BCUT2D eigenvalue weighted by Gasteiger charge is -2.10. The Kier molecular flexibility index (Phi) is 5.97. The Bertz CT molecular complexity index is 1380. The first-order chi connectivity index (χ1) is 15.9. The molecule has 0 saturated heterocycles. The molecule has 0 spiro atoms. The van der Waals surface area contributed by atoms with Gasteiger partial charge in [-0.1, -0.05) is 23.7 Å². The van der Waals surface area contributed by atoms with Gasteiger partial charge in [-0.2, -0.15) is 0 Å². The van der Waals surface area contributed by atoms with Crippen LogP contribution in [0.25, 0.3) is 11.0 Å². The summed E-state index contributed by atoms with van der Waals surface area (Å²) in [5.74, 6) is -1.02. The van der Waals surface area contributed by atoms with Crippen LogP contribution in [0.3, 0.4) is 0 Å². The third-order valence-electron chi connectivity index (χ3n) is 4.78. The zero-order chi connectivity index (χ0) is 23.5. The molecule has 4 rings (SSSR count). The zero-order valence-electron chi connectivity index (χ0n) is 17.1. The Morgan fingerprint density at radius 2 is 1.73 bits per heavy atom. The lowest BCUT2D eigenvalue weighted by atomic mass is 10.1. The number of anilines is 2. The van der Waals surface area contributed by atoms with Crippen LogP contribution < -0.4 is 15.4 Å². The van der Waals surface area contributed by atoms with E-state index in [1.807, 2.05) is 0 Å². The quantitative estimate of drug-likeness (QED) is 0.286. The molecule has 0 saturated carbocycles. The largest absolute Gasteiger partial charge is 0.496 e. The van der Waals surface area contributed by atoms with Crippen LogP contribution in [-0.2, 0) is 0 Å². The molecule has 10 heteroatoms. The first-order valence-corrected chi connectivity index (χ1v) is 9.97. The summed E-state index contributed by atoms with van der Waals surface area (Å²) in [6, 6.07) is 16.8. The van der Waals surface area contributed by atoms with E-state index < -0.39 is 16.7 Å². The predicted molar refractivity (Wildman–Crippen MR) is 123 cm³/mol. The Hall–Kier alpha value is -4.37. The smallest absolute Gasteiger partial charge is 0.293 e. The topological polar surface area (TPSA) is 124 Å². The molecule has 0 unspecified atom stereocenters. The van der Waals surface area contributed by atoms with E-state index in [2.05, 4.69) is 10.6 Å². The molecule has 0 aliphatic heterocycles. The van der Waals surface area contributed by atoms with Gasteiger partial charge >= 0.3 is 0 Å². The van der Waals surface area contributed by atoms with Gasteiger partial charge in [0.15, 0.2) is 0 Å². The highest BCUT2D eigenvalue weighted by Crippen LogP contribution is 2.33. The Balaban J connectivity index is 1.68. The number of amides is 2. The van der Waals surface area contributed by atoms with Gasteiger partial charge < -0.3 is 19.8 Å². The van der Waals surface area contributed by atoms with E-state index in [9.17, 15) is 19.7 Å². The summed E-state index contributed by atoms with van der Waals surface area (Å²) in [4.78, 5) is 36.3. The highest BCUT2D eigenvalue weighted by molar-refractivity contribution is 6.31. The number of carbonyl (C=O) groups excluding carboxylic acids is 2. The number of furan rings is 1. The number of methoxy groups -OCH3 is 1. The van der Waals surface area contributed by atoms with Crippen molar-refractivity contribution < 1.29 is 23.7 Å². The van der Waals surface area contributed by atoms with E-state index in [1.54, 1.807) is 36.4 Å². The van der Waals surface area contributed by atoms with Crippen molar-refractivity contribution in [2.24, 2.45) is 0 Å². The van der Waals surface area contributed by atoms with E-state index >= 15 is 0 Å². The van der Waals surface area contributed by atoms with Gasteiger partial charge in [0.25, 0.3) is 17.5 Å². The molecule has 2 amide bonds. The van der Waals surface area contributed by atoms with E-state index in [0.717, 1.165) is 0 Å². The summed E-state index contributed by atoms with van der Waals surface area (Å²) in [6.07, 6.45) is 0. The fourth-order valence-corrected chi connectivity index (χ4v) is 3.39. The first-order valence-electron chi connectivity index (χ1n) is 9.59. The van der Waals surface area contributed by atoms with Crippen LogP contribution in [0.1, 0.15) is 20.9 Å². The van der Waals surface area contributed by atoms with Crippen LogP contribution in [0, 0.1) is 10.1 Å². The van der Waals surface area contributed by atoms with E-state index in [-0.39, 0.29) is 22.7 Å². The van der Waals surface area contributed by atoms with Crippen LogP contribution in [0.2, 0.25) is 5.02 Å². The number of hydrogen-bond donors (Lipinski definition) is 2. The van der Waals surface area contributed by atoms with Gasteiger partial charge in [0.2, 0.25) is 5.76 Å². The molecule has 2 N–H and O–H groups in total. The minimum absolute atomic E-state index is 0.111. The number of benzene rings is 3. The van der Waals surface area contributed by atoms with Gasteiger partial charge in [0, 0.05) is 28.2 Å². The second-order valence-corrected chi connectivity index (χ2v) is 7.30. The SMILES string of the molecule is COc1ccc(Cl)cc1C(=O)Nc1c(C(=O)Nc2ccc([N+](=O)[O-])cc2)oc2ccccc12. The number of nitro groups is 1. The number of ether oxygens (including phenoxy) is 1. The summed E-state index contributed by atoms with van der Waals surface area (Å²) < 4.78 is 11.0. The van der Waals surface area contributed by atoms with Crippen molar-refractivity contribution in [1.29, 1.82) is 0 Å².